The van der Waals surface area contributed by atoms with E-state index in [9.17, 15) is 9.90 Å². The molecule has 0 bridgehead atoms. The summed E-state index contributed by atoms with van der Waals surface area (Å²) in [5.41, 5.74) is 3.07. The number of hydrogen-bond acceptors (Lipinski definition) is 7. The van der Waals surface area contributed by atoms with Gasteiger partial charge in [0.25, 0.3) is 11.7 Å². The Kier molecular flexibility index (Phi) is 5.64. The number of aliphatic hydroxyl groups is 1. The van der Waals surface area contributed by atoms with E-state index in [4.69, 9.17) is 9.84 Å². The van der Waals surface area contributed by atoms with Crippen LogP contribution < -0.4 is 10.1 Å². The number of amides is 1. The van der Waals surface area contributed by atoms with Crippen molar-refractivity contribution < 1.29 is 14.6 Å². The highest BCUT2D eigenvalue weighted by Crippen LogP contribution is 2.52. The van der Waals surface area contributed by atoms with Gasteiger partial charge in [-0.2, -0.15) is 9.61 Å². The summed E-state index contributed by atoms with van der Waals surface area (Å²) in [7, 11) is 1.66. The van der Waals surface area contributed by atoms with Gasteiger partial charge in [0.1, 0.15) is 11.4 Å². The van der Waals surface area contributed by atoms with Crippen molar-refractivity contribution in [1.82, 2.24) is 30.1 Å². The summed E-state index contributed by atoms with van der Waals surface area (Å²) in [5.74, 6) is 1.96. The Morgan fingerprint density at radius 1 is 1.03 bits per heavy atom. The summed E-state index contributed by atoms with van der Waals surface area (Å²) in [5, 5.41) is 26.3. The van der Waals surface area contributed by atoms with E-state index in [0.29, 0.717) is 17.0 Å². The topological polar surface area (TPSA) is 115 Å². The first-order valence-corrected chi connectivity index (χ1v) is 12.4. The predicted octanol–water partition coefficient (Wildman–Crippen LogP) is 3.31. The van der Waals surface area contributed by atoms with Crippen LogP contribution in [0.2, 0.25) is 0 Å². The maximum absolute atomic E-state index is 12.7. The van der Waals surface area contributed by atoms with Gasteiger partial charge in [-0.15, -0.1) is 10.2 Å². The number of rotatable bonds is 6. The molecule has 9 nitrogen and oxygen atoms in total. The number of carbonyl (C=O) groups excluding carboxylic acids is 1. The van der Waals surface area contributed by atoms with E-state index < -0.39 is 0 Å². The lowest BCUT2D eigenvalue weighted by Gasteiger charge is -2.26. The van der Waals surface area contributed by atoms with E-state index in [0.717, 1.165) is 61.2 Å². The lowest BCUT2D eigenvalue weighted by molar-refractivity contribution is 0.0867. The second kappa shape index (κ2) is 8.98. The van der Waals surface area contributed by atoms with Crippen molar-refractivity contribution in [2.45, 2.75) is 56.1 Å². The number of nitrogens with one attached hydrogen (secondary N) is 1. The zero-order chi connectivity index (χ0) is 24.7. The number of benzene rings is 2. The molecule has 184 valence electrons. The molecule has 6 rings (SSSR count). The van der Waals surface area contributed by atoms with Gasteiger partial charge in [-0.05, 0) is 68.4 Å². The lowest BCUT2D eigenvalue weighted by Crippen LogP contribution is -2.38. The molecule has 2 fully saturated rings. The molecule has 2 saturated carbocycles. The minimum absolute atomic E-state index is 0.0965. The van der Waals surface area contributed by atoms with E-state index >= 15 is 0 Å². The van der Waals surface area contributed by atoms with E-state index in [2.05, 4.69) is 32.6 Å². The van der Waals surface area contributed by atoms with Gasteiger partial charge >= 0.3 is 0 Å². The first-order valence-electron chi connectivity index (χ1n) is 12.4. The smallest absolute Gasteiger partial charge is 0.271 e. The summed E-state index contributed by atoms with van der Waals surface area (Å²) in [6.07, 6.45) is 6.45. The summed E-state index contributed by atoms with van der Waals surface area (Å²) in [6, 6.07) is 15.6. The Bertz CT molecular complexity index is 1390. The molecule has 2 aromatic carbocycles. The first-order chi connectivity index (χ1) is 17.6. The fourth-order valence-electron chi connectivity index (χ4n) is 5.08. The van der Waals surface area contributed by atoms with Crippen molar-refractivity contribution in [3.05, 3.63) is 71.7 Å². The van der Waals surface area contributed by atoms with Gasteiger partial charge in [0.15, 0.2) is 5.82 Å². The maximum Gasteiger partial charge on any atom is 0.271 e. The molecule has 0 unspecified atom stereocenters. The molecule has 2 heterocycles. The largest absolute Gasteiger partial charge is 0.497 e. The van der Waals surface area contributed by atoms with Crippen LogP contribution in [0.1, 0.15) is 60.3 Å². The van der Waals surface area contributed by atoms with Gasteiger partial charge < -0.3 is 15.2 Å². The number of aromatic nitrogens is 5. The zero-order valence-corrected chi connectivity index (χ0v) is 20.1. The van der Waals surface area contributed by atoms with Crippen LogP contribution in [0.3, 0.4) is 0 Å². The van der Waals surface area contributed by atoms with E-state index in [1.54, 1.807) is 30.0 Å². The molecule has 2 aliphatic carbocycles. The Morgan fingerprint density at radius 2 is 1.75 bits per heavy atom. The Hall–Kier alpha value is -3.85. The summed E-state index contributed by atoms with van der Waals surface area (Å²) >= 11 is 0. The van der Waals surface area contributed by atoms with Gasteiger partial charge in [-0.1, -0.05) is 24.3 Å². The fraction of sp³-hybridized carbons (Fsp3) is 0.370. The molecule has 0 saturated heterocycles. The average Bonchev–Trinajstić information content (AvgIpc) is 3.62. The summed E-state index contributed by atoms with van der Waals surface area (Å²) in [4.78, 5) is 17.2. The highest BCUT2D eigenvalue weighted by molar-refractivity contribution is 5.94. The predicted molar refractivity (Wildman–Crippen MR) is 133 cm³/mol. The standard InChI is InChI=1S/C27H28N6O3/c1-36-22-12-6-19(7-13-22)27(14-15-27)25-30-31-26-28-16-23(32-33(25)26)17-2-4-18(5-3-17)24(35)29-20-8-10-21(34)11-9-20/h2-7,12-13,16,20-21,34H,8-11,14-15H2,1H3,(H,29,35)/t20-,21-. The minimum Gasteiger partial charge on any atom is -0.497 e. The van der Waals surface area contributed by atoms with Crippen LogP contribution in [0.4, 0.5) is 0 Å². The molecule has 0 spiro atoms. The second-order valence-electron chi connectivity index (χ2n) is 9.75. The molecular formula is C27H28N6O3. The quantitative estimate of drug-likeness (QED) is 0.431. The first kappa shape index (κ1) is 22.6. The Balaban J connectivity index is 1.24. The normalized spacial score (nSPS) is 20.7. The summed E-state index contributed by atoms with van der Waals surface area (Å²) in [6.45, 7) is 0. The third kappa shape index (κ3) is 4.09. The van der Waals surface area contributed by atoms with Crippen molar-refractivity contribution in [2.24, 2.45) is 0 Å². The van der Waals surface area contributed by atoms with Crippen LogP contribution in [-0.4, -0.2) is 55.1 Å². The number of carbonyl (C=O) groups is 1. The number of ether oxygens (including phenoxy) is 1. The SMILES string of the molecule is COc1ccc(C2(c3nnc4ncc(-c5ccc(C(=O)N[C@H]6CC[C@H](O)CC6)cc5)nn34)CC2)cc1. The minimum atomic E-state index is -0.243. The molecule has 0 atom stereocenters. The van der Waals surface area contributed by atoms with Gasteiger partial charge in [0.2, 0.25) is 0 Å². The number of methoxy groups -OCH3 is 1. The third-order valence-corrected chi connectivity index (χ3v) is 7.43. The molecule has 0 radical (unpaired) electrons. The van der Waals surface area contributed by atoms with Crippen molar-refractivity contribution in [3.8, 4) is 17.0 Å². The number of hydrogen-bond donors (Lipinski definition) is 2. The number of aliphatic hydroxyl groups excluding tert-OH is 1. The van der Waals surface area contributed by atoms with Crippen LogP contribution in [-0.2, 0) is 5.41 Å². The third-order valence-electron chi connectivity index (χ3n) is 7.43. The summed E-state index contributed by atoms with van der Waals surface area (Å²) < 4.78 is 7.04. The molecule has 36 heavy (non-hydrogen) atoms. The van der Waals surface area contributed by atoms with Crippen molar-refractivity contribution in [1.29, 1.82) is 0 Å². The average molecular weight is 485 g/mol. The van der Waals surface area contributed by atoms with Crippen LogP contribution >= 0.6 is 0 Å². The highest BCUT2D eigenvalue weighted by atomic mass is 16.5. The fourth-order valence-corrected chi connectivity index (χ4v) is 5.08. The van der Waals surface area contributed by atoms with Crippen LogP contribution in [0.5, 0.6) is 5.75 Å². The van der Waals surface area contributed by atoms with Crippen molar-refractivity contribution in [2.75, 3.05) is 7.11 Å². The van der Waals surface area contributed by atoms with E-state index in [1.807, 2.05) is 24.3 Å². The van der Waals surface area contributed by atoms with Crippen LogP contribution in [0.15, 0.2) is 54.7 Å². The molecule has 4 aromatic rings. The highest BCUT2D eigenvalue weighted by Gasteiger charge is 2.50. The van der Waals surface area contributed by atoms with Gasteiger partial charge in [0.05, 0.1) is 24.8 Å². The molecular weight excluding hydrogens is 456 g/mol. The molecule has 9 heteroatoms. The van der Waals surface area contributed by atoms with E-state index in [1.165, 1.54) is 0 Å². The second-order valence-corrected chi connectivity index (χ2v) is 9.75. The molecule has 0 aliphatic heterocycles. The Morgan fingerprint density at radius 3 is 2.42 bits per heavy atom. The zero-order valence-electron chi connectivity index (χ0n) is 20.1. The molecule has 2 aromatic heterocycles. The molecule has 1 amide bonds. The van der Waals surface area contributed by atoms with Gasteiger partial charge in [0, 0.05) is 17.2 Å². The lowest BCUT2D eigenvalue weighted by atomic mass is 9.93. The Labute approximate surface area is 208 Å². The maximum atomic E-state index is 12.7. The van der Waals surface area contributed by atoms with Crippen LogP contribution in [0.25, 0.3) is 17.0 Å². The van der Waals surface area contributed by atoms with Crippen molar-refractivity contribution >= 4 is 11.7 Å². The number of nitrogens with zero attached hydrogens (tertiary/aromatic N) is 5. The molecule has 2 N–H and O–H groups in total. The van der Waals surface area contributed by atoms with E-state index in [-0.39, 0.29) is 23.5 Å². The van der Waals surface area contributed by atoms with Gasteiger partial charge in [-0.25, -0.2) is 4.98 Å². The van der Waals surface area contributed by atoms with Gasteiger partial charge in [-0.3, -0.25) is 4.79 Å². The van der Waals surface area contributed by atoms with Crippen molar-refractivity contribution in [3.63, 3.8) is 0 Å². The number of fused-ring (bicyclic) bond motifs is 1. The van der Waals surface area contributed by atoms with Crippen LogP contribution in [0, 0.1) is 0 Å². The molecule has 2 aliphatic rings. The monoisotopic (exact) mass is 484 g/mol.